The van der Waals surface area contributed by atoms with Gasteiger partial charge >= 0.3 is 0 Å². The minimum atomic E-state index is -0.0109. The molecule has 1 aromatic carbocycles. The van der Waals surface area contributed by atoms with E-state index in [1.165, 1.54) is 0 Å². The summed E-state index contributed by atoms with van der Waals surface area (Å²) in [5, 5.41) is 3.39. The lowest BCUT2D eigenvalue weighted by Gasteiger charge is -2.40. The number of carbonyl (C=O) groups is 2. The maximum atomic E-state index is 13.2. The van der Waals surface area contributed by atoms with Crippen LogP contribution in [0.15, 0.2) is 24.3 Å². The van der Waals surface area contributed by atoms with Gasteiger partial charge in [0.1, 0.15) is 5.75 Å². The third-order valence-electron chi connectivity index (χ3n) is 5.31. The van der Waals surface area contributed by atoms with E-state index in [4.69, 9.17) is 4.74 Å². The van der Waals surface area contributed by atoms with Crippen LogP contribution < -0.4 is 10.1 Å². The Balaban J connectivity index is 1.75. The molecule has 2 aliphatic heterocycles. The van der Waals surface area contributed by atoms with Gasteiger partial charge in [-0.2, -0.15) is 0 Å². The maximum Gasteiger partial charge on any atom is 0.226 e. The number of piperazine rings is 1. The number of piperidine rings is 1. The Bertz CT molecular complexity index is 626. The van der Waals surface area contributed by atoms with E-state index in [0.717, 1.165) is 37.2 Å². The molecule has 0 aromatic heterocycles. The van der Waals surface area contributed by atoms with Crippen molar-refractivity contribution in [2.45, 2.75) is 25.8 Å². The first kappa shape index (κ1) is 17.7. The van der Waals surface area contributed by atoms with Crippen LogP contribution in [0.5, 0.6) is 5.75 Å². The minimum absolute atomic E-state index is 0.00547. The smallest absolute Gasteiger partial charge is 0.226 e. The van der Waals surface area contributed by atoms with E-state index >= 15 is 0 Å². The van der Waals surface area contributed by atoms with Gasteiger partial charge in [-0.25, -0.2) is 0 Å². The lowest BCUT2D eigenvalue weighted by atomic mass is 9.93. The topological polar surface area (TPSA) is 61.9 Å². The van der Waals surface area contributed by atoms with Crippen LogP contribution in [0.3, 0.4) is 0 Å². The lowest BCUT2D eigenvalue weighted by Crippen LogP contribution is -2.52. The molecule has 2 amide bonds. The zero-order chi connectivity index (χ0) is 17.8. The second-order valence-corrected chi connectivity index (χ2v) is 6.77. The molecule has 6 heteroatoms. The van der Waals surface area contributed by atoms with Crippen LogP contribution in [0, 0.1) is 5.92 Å². The zero-order valence-corrected chi connectivity index (χ0v) is 15.0. The first-order valence-electron chi connectivity index (χ1n) is 9.01. The van der Waals surface area contributed by atoms with Gasteiger partial charge in [-0.15, -0.1) is 0 Å². The van der Waals surface area contributed by atoms with E-state index < -0.39 is 0 Å². The summed E-state index contributed by atoms with van der Waals surface area (Å²) in [6.45, 7) is 5.20. The van der Waals surface area contributed by atoms with Gasteiger partial charge in [0.2, 0.25) is 11.8 Å². The highest BCUT2D eigenvalue weighted by atomic mass is 16.5. The molecule has 2 heterocycles. The summed E-state index contributed by atoms with van der Waals surface area (Å²) >= 11 is 0. The predicted octanol–water partition coefficient (Wildman–Crippen LogP) is 1.43. The number of ether oxygens (including phenoxy) is 1. The number of likely N-dealkylation sites (tertiary alicyclic amines) is 1. The van der Waals surface area contributed by atoms with Gasteiger partial charge < -0.3 is 19.9 Å². The monoisotopic (exact) mass is 345 g/mol. The van der Waals surface area contributed by atoms with Crippen LogP contribution in [-0.4, -0.2) is 61.4 Å². The fraction of sp³-hybridized carbons (Fsp3) is 0.579. The standard InChI is InChI=1S/C19H27N3O3/c1-14(23)21-10-7-15(8-11-21)19(24)22-12-9-20-13-17(22)16-5-3-4-6-18(16)25-2/h3-6,15,17,20H,7-13H2,1-2H3/t17-/m0/s1. The molecule has 1 N–H and O–H groups in total. The normalized spacial score (nSPS) is 21.9. The molecule has 1 aromatic rings. The fourth-order valence-electron chi connectivity index (χ4n) is 3.86. The van der Waals surface area contributed by atoms with Gasteiger partial charge in [-0.1, -0.05) is 18.2 Å². The van der Waals surface area contributed by atoms with Crippen LogP contribution in [0.1, 0.15) is 31.4 Å². The summed E-state index contributed by atoms with van der Waals surface area (Å²) in [6, 6.07) is 7.90. The van der Waals surface area contributed by atoms with Crippen molar-refractivity contribution in [3.05, 3.63) is 29.8 Å². The Kier molecular flexibility index (Phi) is 5.58. The summed E-state index contributed by atoms with van der Waals surface area (Å²) in [5.74, 6) is 1.13. The number of nitrogens with zero attached hydrogens (tertiary/aromatic N) is 2. The second kappa shape index (κ2) is 7.87. The molecule has 6 nitrogen and oxygen atoms in total. The van der Waals surface area contributed by atoms with Gasteiger partial charge in [0.25, 0.3) is 0 Å². The second-order valence-electron chi connectivity index (χ2n) is 6.77. The zero-order valence-electron chi connectivity index (χ0n) is 15.0. The molecule has 2 saturated heterocycles. The Morgan fingerprint density at radius 2 is 1.88 bits per heavy atom. The number of carbonyl (C=O) groups excluding carboxylic acids is 2. The molecular weight excluding hydrogens is 318 g/mol. The molecule has 25 heavy (non-hydrogen) atoms. The molecule has 0 radical (unpaired) electrons. The first-order chi connectivity index (χ1) is 12.1. The van der Waals surface area contributed by atoms with Crippen molar-refractivity contribution < 1.29 is 14.3 Å². The van der Waals surface area contributed by atoms with Gasteiger partial charge in [0.15, 0.2) is 0 Å². The fourth-order valence-corrected chi connectivity index (χ4v) is 3.86. The van der Waals surface area contributed by atoms with E-state index in [2.05, 4.69) is 5.32 Å². The van der Waals surface area contributed by atoms with Crippen LogP contribution >= 0.6 is 0 Å². The summed E-state index contributed by atoms with van der Waals surface area (Å²) in [4.78, 5) is 28.5. The molecule has 0 saturated carbocycles. The molecule has 0 bridgehead atoms. The molecule has 2 fully saturated rings. The van der Waals surface area contributed by atoms with Crippen molar-refractivity contribution in [2.24, 2.45) is 5.92 Å². The number of methoxy groups -OCH3 is 1. The molecule has 3 rings (SSSR count). The summed E-state index contributed by atoms with van der Waals surface area (Å²) in [7, 11) is 1.67. The van der Waals surface area contributed by atoms with Crippen molar-refractivity contribution in [3.63, 3.8) is 0 Å². The Hall–Kier alpha value is -2.08. The highest BCUT2D eigenvalue weighted by Crippen LogP contribution is 2.32. The van der Waals surface area contributed by atoms with E-state index in [9.17, 15) is 9.59 Å². The molecule has 2 aliphatic rings. The van der Waals surface area contributed by atoms with Crippen molar-refractivity contribution in [3.8, 4) is 5.75 Å². The minimum Gasteiger partial charge on any atom is -0.496 e. The highest BCUT2D eigenvalue weighted by molar-refractivity contribution is 5.80. The lowest BCUT2D eigenvalue weighted by molar-refractivity contribution is -0.142. The van der Waals surface area contributed by atoms with Gasteiger partial charge in [-0.05, 0) is 18.9 Å². The van der Waals surface area contributed by atoms with Crippen molar-refractivity contribution >= 4 is 11.8 Å². The summed E-state index contributed by atoms with van der Waals surface area (Å²) in [5.41, 5.74) is 1.05. The Morgan fingerprint density at radius 3 is 2.56 bits per heavy atom. The molecule has 136 valence electrons. The Morgan fingerprint density at radius 1 is 1.16 bits per heavy atom. The van der Waals surface area contributed by atoms with Crippen LogP contribution in [0.25, 0.3) is 0 Å². The third kappa shape index (κ3) is 3.79. The molecule has 0 aliphatic carbocycles. The number of amides is 2. The number of para-hydroxylation sites is 1. The summed E-state index contributed by atoms with van der Waals surface area (Å²) < 4.78 is 5.50. The van der Waals surface area contributed by atoms with E-state index in [0.29, 0.717) is 19.6 Å². The summed E-state index contributed by atoms with van der Waals surface area (Å²) in [6.07, 6.45) is 1.50. The van der Waals surface area contributed by atoms with Crippen LogP contribution in [-0.2, 0) is 9.59 Å². The van der Waals surface area contributed by atoms with Crippen molar-refractivity contribution in [1.82, 2.24) is 15.1 Å². The molecule has 0 unspecified atom stereocenters. The highest BCUT2D eigenvalue weighted by Gasteiger charge is 2.35. The van der Waals surface area contributed by atoms with Gasteiger partial charge in [-0.3, -0.25) is 9.59 Å². The number of hydrogen-bond donors (Lipinski definition) is 1. The first-order valence-corrected chi connectivity index (χ1v) is 9.01. The Labute approximate surface area is 149 Å². The largest absolute Gasteiger partial charge is 0.496 e. The van der Waals surface area contributed by atoms with E-state index in [1.807, 2.05) is 34.1 Å². The van der Waals surface area contributed by atoms with Gasteiger partial charge in [0.05, 0.1) is 13.2 Å². The van der Waals surface area contributed by atoms with E-state index in [-0.39, 0.29) is 23.8 Å². The quantitative estimate of drug-likeness (QED) is 0.900. The van der Waals surface area contributed by atoms with Gasteiger partial charge in [0, 0.05) is 51.1 Å². The van der Waals surface area contributed by atoms with Crippen molar-refractivity contribution in [1.29, 1.82) is 0 Å². The average Bonchev–Trinajstić information content (AvgIpc) is 2.67. The third-order valence-corrected chi connectivity index (χ3v) is 5.31. The molecule has 1 atom stereocenters. The maximum absolute atomic E-state index is 13.2. The molecule has 0 spiro atoms. The number of nitrogens with one attached hydrogen (secondary N) is 1. The SMILES string of the molecule is COc1ccccc1[C@@H]1CNCCN1C(=O)C1CCN(C(C)=O)CC1. The van der Waals surface area contributed by atoms with Crippen LogP contribution in [0.4, 0.5) is 0 Å². The van der Waals surface area contributed by atoms with E-state index in [1.54, 1.807) is 14.0 Å². The number of hydrogen-bond acceptors (Lipinski definition) is 4. The molecular formula is C19H27N3O3. The predicted molar refractivity (Wildman–Crippen MR) is 95.3 cm³/mol. The van der Waals surface area contributed by atoms with Crippen LogP contribution in [0.2, 0.25) is 0 Å². The van der Waals surface area contributed by atoms with Crippen molar-refractivity contribution in [2.75, 3.05) is 39.8 Å². The number of benzene rings is 1. The average molecular weight is 345 g/mol. The number of rotatable bonds is 3.